The molecule has 1 unspecified atom stereocenters. The Bertz CT molecular complexity index is 1010. The van der Waals surface area contributed by atoms with E-state index in [0.29, 0.717) is 18.8 Å². The van der Waals surface area contributed by atoms with Crippen molar-refractivity contribution in [3.63, 3.8) is 0 Å². The molecule has 0 aromatic heterocycles. The second-order valence-electron chi connectivity index (χ2n) is 7.11. The summed E-state index contributed by atoms with van der Waals surface area (Å²) in [6.07, 6.45) is 0.788. The van der Waals surface area contributed by atoms with Crippen LogP contribution in [0.3, 0.4) is 0 Å². The van der Waals surface area contributed by atoms with E-state index in [9.17, 15) is 18.0 Å². The molecule has 9 heteroatoms. The smallest absolute Gasteiger partial charge is 0.339 e. The first-order valence-electron chi connectivity index (χ1n) is 10.1. The topological polar surface area (TPSA) is 105 Å². The molecule has 0 fully saturated rings. The van der Waals surface area contributed by atoms with Crippen LogP contribution in [0.4, 0.5) is 10.5 Å². The van der Waals surface area contributed by atoms with Crippen LogP contribution in [0.15, 0.2) is 53.4 Å². The molecular formula is C22H29N3O5S. The van der Waals surface area contributed by atoms with Gasteiger partial charge in [-0.2, -0.15) is 8.42 Å². The number of rotatable bonds is 9. The largest absolute Gasteiger partial charge is 0.379 e. The van der Waals surface area contributed by atoms with Crippen LogP contribution in [-0.2, 0) is 21.5 Å². The molecule has 8 nitrogen and oxygen atoms in total. The molecule has 0 aliphatic heterocycles. The molecule has 0 saturated carbocycles. The maximum atomic E-state index is 12.6. The molecule has 0 bridgehead atoms. The molecule has 168 valence electrons. The van der Waals surface area contributed by atoms with Crippen molar-refractivity contribution in [1.82, 2.24) is 10.2 Å². The molecule has 0 heterocycles. The summed E-state index contributed by atoms with van der Waals surface area (Å²) in [5, 5.41) is 5.38. The van der Waals surface area contributed by atoms with E-state index in [4.69, 9.17) is 4.18 Å². The summed E-state index contributed by atoms with van der Waals surface area (Å²) < 4.78 is 30.6. The summed E-state index contributed by atoms with van der Waals surface area (Å²) in [4.78, 5) is 25.2. The monoisotopic (exact) mass is 447 g/mol. The van der Waals surface area contributed by atoms with Crippen LogP contribution in [0, 0.1) is 0 Å². The highest BCUT2D eigenvalue weighted by Gasteiger charge is 2.20. The van der Waals surface area contributed by atoms with Gasteiger partial charge in [0.2, 0.25) is 5.91 Å². The first-order valence-corrected chi connectivity index (χ1v) is 11.5. The van der Waals surface area contributed by atoms with Gasteiger partial charge in [0, 0.05) is 31.7 Å². The van der Waals surface area contributed by atoms with Crippen molar-refractivity contribution in [2.24, 2.45) is 0 Å². The van der Waals surface area contributed by atoms with Crippen molar-refractivity contribution in [2.75, 3.05) is 11.9 Å². The zero-order valence-corrected chi connectivity index (χ0v) is 19.0. The van der Waals surface area contributed by atoms with E-state index in [1.54, 1.807) is 23.1 Å². The summed E-state index contributed by atoms with van der Waals surface area (Å²) in [7, 11) is -4.06. The van der Waals surface area contributed by atoms with Crippen molar-refractivity contribution >= 4 is 27.7 Å². The van der Waals surface area contributed by atoms with E-state index < -0.39 is 10.1 Å². The van der Waals surface area contributed by atoms with Gasteiger partial charge in [0.15, 0.2) is 0 Å². The van der Waals surface area contributed by atoms with Crippen LogP contribution in [0.5, 0.6) is 5.75 Å². The van der Waals surface area contributed by atoms with Crippen molar-refractivity contribution in [3.05, 3.63) is 54.1 Å². The molecule has 0 radical (unpaired) electrons. The van der Waals surface area contributed by atoms with Crippen LogP contribution in [0.2, 0.25) is 0 Å². The number of amides is 3. The minimum Gasteiger partial charge on any atom is -0.379 e. The van der Waals surface area contributed by atoms with Crippen LogP contribution in [0.1, 0.15) is 39.7 Å². The molecule has 0 aliphatic rings. The van der Waals surface area contributed by atoms with E-state index >= 15 is 0 Å². The van der Waals surface area contributed by atoms with Crippen LogP contribution >= 0.6 is 0 Å². The van der Waals surface area contributed by atoms with Crippen molar-refractivity contribution in [2.45, 2.75) is 51.6 Å². The standard InChI is InChI=1S/C22H29N3O5S/c1-5-16(3)25(22(27)23-6-2)15-18-8-7-9-20(14-18)30-31(28,29)21-12-10-19(11-13-21)24-17(4)26/h7-14,16H,5-6,15H2,1-4H3,(H,23,27)(H,24,26). The lowest BCUT2D eigenvalue weighted by Crippen LogP contribution is -2.44. The Morgan fingerprint density at radius 2 is 1.77 bits per heavy atom. The van der Waals surface area contributed by atoms with Crippen LogP contribution in [-0.4, -0.2) is 37.8 Å². The van der Waals surface area contributed by atoms with Gasteiger partial charge in [-0.05, 0) is 62.2 Å². The average Bonchev–Trinajstić information content (AvgIpc) is 2.71. The second kappa shape index (κ2) is 10.8. The third-order valence-corrected chi connectivity index (χ3v) is 5.89. The van der Waals surface area contributed by atoms with E-state index in [-0.39, 0.29) is 28.6 Å². The average molecular weight is 448 g/mol. The van der Waals surface area contributed by atoms with Crippen LogP contribution in [0.25, 0.3) is 0 Å². The lowest BCUT2D eigenvalue weighted by molar-refractivity contribution is -0.114. The number of urea groups is 1. The number of nitrogens with zero attached hydrogens (tertiary/aromatic N) is 1. The summed E-state index contributed by atoms with van der Waals surface area (Å²) in [6, 6.07) is 12.2. The molecule has 1 atom stereocenters. The Hall–Kier alpha value is -3.07. The lowest BCUT2D eigenvalue weighted by atomic mass is 10.1. The maximum Gasteiger partial charge on any atom is 0.339 e. The van der Waals surface area contributed by atoms with Gasteiger partial charge in [0.1, 0.15) is 10.6 Å². The predicted octanol–water partition coefficient (Wildman–Crippen LogP) is 3.74. The molecule has 0 saturated heterocycles. The second-order valence-corrected chi connectivity index (χ2v) is 8.66. The van der Waals surface area contributed by atoms with E-state index in [1.165, 1.54) is 31.2 Å². The fourth-order valence-electron chi connectivity index (χ4n) is 2.88. The fourth-order valence-corrected chi connectivity index (χ4v) is 3.80. The number of nitrogens with one attached hydrogen (secondary N) is 2. The van der Waals surface area contributed by atoms with Gasteiger partial charge in [-0.3, -0.25) is 4.79 Å². The number of anilines is 1. The highest BCUT2D eigenvalue weighted by molar-refractivity contribution is 7.87. The van der Waals surface area contributed by atoms with E-state index in [1.807, 2.05) is 26.8 Å². The summed E-state index contributed by atoms with van der Waals surface area (Å²) in [6.45, 7) is 8.03. The fraction of sp³-hybridized carbons (Fsp3) is 0.364. The van der Waals surface area contributed by atoms with Gasteiger partial charge in [-0.1, -0.05) is 19.1 Å². The quantitative estimate of drug-likeness (QED) is 0.570. The highest BCUT2D eigenvalue weighted by Crippen LogP contribution is 2.22. The van der Waals surface area contributed by atoms with E-state index in [0.717, 1.165) is 12.0 Å². The number of benzene rings is 2. The van der Waals surface area contributed by atoms with Gasteiger partial charge in [-0.15, -0.1) is 0 Å². The molecule has 3 amide bonds. The Morgan fingerprint density at radius 3 is 2.35 bits per heavy atom. The van der Waals surface area contributed by atoms with Crippen molar-refractivity contribution < 1.29 is 22.2 Å². The molecule has 2 rings (SSSR count). The van der Waals surface area contributed by atoms with Crippen LogP contribution < -0.4 is 14.8 Å². The summed E-state index contributed by atoms with van der Waals surface area (Å²) >= 11 is 0. The van der Waals surface area contributed by atoms with Crippen molar-refractivity contribution in [3.8, 4) is 5.75 Å². The van der Waals surface area contributed by atoms with E-state index in [2.05, 4.69) is 10.6 Å². The highest BCUT2D eigenvalue weighted by atomic mass is 32.2. The zero-order chi connectivity index (χ0) is 23.0. The Morgan fingerprint density at radius 1 is 1.10 bits per heavy atom. The first kappa shape index (κ1) is 24.2. The molecule has 2 aromatic carbocycles. The number of hydrogen-bond acceptors (Lipinski definition) is 5. The van der Waals surface area contributed by atoms with Gasteiger partial charge in [-0.25, -0.2) is 4.79 Å². The lowest BCUT2D eigenvalue weighted by Gasteiger charge is -2.28. The SMILES string of the molecule is CCNC(=O)N(Cc1cccc(OS(=O)(=O)c2ccc(NC(C)=O)cc2)c1)C(C)CC. The van der Waals surface area contributed by atoms with Gasteiger partial charge in [0.25, 0.3) is 0 Å². The number of carbonyl (C=O) groups excluding carboxylic acids is 2. The molecule has 2 aromatic rings. The third-order valence-electron chi connectivity index (χ3n) is 4.63. The molecule has 2 N–H and O–H groups in total. The molecular weight excluding hydrogens is 418 g/mol. The van der Waals surface area contributed by atoms with Crippen molar-refractivity contribution in [1.29, 1.82) is 0 Å². The zero-order valence-electron chi connectivity index (χ0n) is 18.2. The third kappa shape index (κ3) is 6.99. The Kier molecular flexibility index (Phi) is 8.44. The molecule has 0 spiro atoms. The van der Waals surface area contributed by atoms with Gasteiger partial charge in [0.05, 0.1) is 0 Å². The Labute approximate surface area is 183 Å². The number of carbonyl (C=O) groups is 2. The normalized spacial score (nSPS) is 12.0. The summed E-state index contributed by atoms with van der Waals surface area (Å²) in [5.74, 6) is -0.0915. The predicted molar refractivity (Wildman–Crippen MR) is 119 cm³/mol. The minimum absolute atomic E-state index is 0.0157. The minimum atomic E-state index is -4.06. The first-order chi connectivity index (χ1) is 14.7. The maximum absolute atomic E-state index is 12.6. The van der Waals surface area contributed by atoms with Gasteiger partial charge < -0.3 is 19.7 Å². The number of hydrogen-bond donors (Lipinski definition) is 2. The summed E-state index contributed by atoms with van der Waals surface area (Å²) in [5.41, 5.74) is 1.24. The molecule has 0 aliphatic carbocycles. The van der Waals surface area contributed by atoms with Gasteiger partial charge >= 0.3 is 16.1 Å². The molecule has 31 heavy (non-hydrogen) atoms. The Balaban J connectivity index is 2.18.